The minimum absolute atomic E-state index is 0.0775. The van der Waals surface area contributed by atoms with Crippen LogP contribution in [0.3, 0.4) is 0 Å². The standard InChI is InChI=1S/C19H16N4O/c24-19(12-3-4-12)21-18-11-17-15(2-1-9-23(17)22-18)13-5-6-16-14(10-13)7-8-20-16/h1-2,5-12,20H,3-4H2,(H,21,22,24). The number of aromatic amines is 1. The summed E-state index contributed by atoms with van der Waals surface area (Å²) in [6, 6.07) is 14.4. The van der Waals surface area contributed by atoms with Crippen molar-refractivity contribution in [1.29, 1.82) is 0 Å². The molecule has 1 aliphatic rings. The predicted molar refractivity (Wildman–Crippen MR) is 93.8 cm³/mol. The largest absolute Gasteiger partial charge is 0.361 e. The summed E-state index contributed by atoms with van der Waals surface area (Å²) in [5.74, 6) is 0.862. The lowest BCUT2D eigenvalue weighted by Crippen LogP contribution is -2.13. The molecular formula is C19H16N4O. The van der Waals surface area contributed by atoms with Crippen LogP contribution in [0.25, 0.3) is 27.5 Å². The van der Waals surface area contributed by atoms with E-state index in [0.717, 1.165) is 35.0 Å². The summed E-state index contributed by atoms with van der Waals surface area (Å²) in [6.45, 7) is 0. The van der Waals surface area contributed by atoms with Gasteiger partial charge in [0.05, 0.1) is 5.52 Å². The van der Waals surface area contributed by atoms with Gasteiger partial charge in [-0.15, -0.1) is 0 Å². The number of carbonyl (C=O) groups excluding carboxylic acids is 1. The van der Waals surface area contributed by atoms with E-state index in [0.29, 0.717) is 5.82 Å². The Hall–Kier alpha value is -3.08. The number of amides is 1. The Morgan fingerprint density at radius 1 is 1.21 bits per heavy atom. The molecule has 0 aliphatic heterocycles. The summed E-state index contributed by atoms with van der Waals surface area (Å²) in [4.78, 5) is 15.2. The van der Waals surface area contributed by atoms with Gasteiger partial charge in [0.25, 0.3) is 0 Å². The Balaban J connectivity index is 1.59. The Morgan fingerprint density at radius 2 is 2.12 bits per heavy atom. The Labute approximate surface area is 138 Å². The number of rotatable bonds is 3. The van der Waals surface area contributed by atoms with Gasteiger partial charge in [0, 0.05) is 35.5 Å². The van der Waals surface area contributed by atoms with Crippen LogP contribution in [0, 0.1) is 5.92 Å². The van der Waals surface area contributed by atoms with E-state index in [1.807, 2.05) is 29.0 Å². The van der Waals surface area contributed by atoms with Gasteiger partial charge in [0.15, 0.2) is 5.82 Å². The van der Waals surface area contributed by atoms with Crippen molar-refractivity contribution in [2.24, 2.45) is 5.92 Å². The van der Waals surface area contributed by atoms with Crippen LogP contribution < -0.4 is 5.32 Å². The number of hydrogen-bond donors (Lipinski definition) is 2. The van der Waals surface area contributed by atoms with Crippen LogP contribution in [0.5, 0.6) is 0 Å². The normalized spacial score (nSPS) is 14.3. The van der Waals surface area contributed by atoms with Crippen LogP contribution in [-0.2, 0) is 4.79 Å². The summed E-state index contributed by atoms with van der Waals surface area (Å²) in [6.07, 6.45) is 5.82. The second kappa shape index (κ2) is 4.96. The summed E-state index contributed by atoms with van der Waals surface area (Å²) >= 11 is 0. The van der Waals surface area contributed by atoms with E-state index in [-0.39, 0.29) is 11.8 Å². The van der Waals surface area contributed by atoms with Crippen LogP contribution in [0.1, 0.15) is 12.8 Å². The zero-order valence-corrected chi connectivity index (χ0v) is 13.0. The maximum absolute atomic E-state index is 12.0. The third kappa shape index (κ3) is 2.17. The first-order valence-corrected chi connectivity index (χ1v) is 8.15. The Kier molecular flexibility index (Phi) is 2.76. The summed E-state index contributed by atoms with van der Waals surface area (Å²) in [5, 5.41) is 8.58. The molecule has 0 atom stereocenters. The molecule has 118 valence electrons. The molecule has 24 heavy (non-hydrogen) atoms. The highest BCUT2D eigenvalue weighted by molar-refractivity contribution is 5.95. The smallest absolute Gasteiger partial charge is 0.228 e. The monoisotopic (exact) mass is 316 g/mol. The van der Waals surface area contributed by atoms with Crippen LogP contribution in [0.15, 0.2) is 54.9 Å². The first-order chi connectivity index (χ1) is 11.8. The Morgan fingerprint density at radius 3 is 3.00 bits per heavy atom. The van der Waals surface area contributed by atoms with E-state index in [1.54, 1.807) is 0 Å². The molecule has 2 N–H and O–H groups in total. The average Bonchev–Trinajstić information content (AvgIpc) is 3.20. The molecule has 4 aromatic rings. The molecule has 0 spiro atoms. The number of carbonyl (C=O) groups is 1. The molecule has 3 aromatic heterocycles. The van der Waals surface area contributed by atoms with Crippen molar-refractivity contribution in [2.75, 3.05) is 5.32 Å². The number of aromatic nitrogens is 3. The van der Waals surface area contributed by atoms with Gasteiger partial charge >= 0.3 is 0 Å². The van der Waals surface area contributed by atoms with Crippen LogP contribution in [0.4, 0.5) is 5.82 Å². The van der Waals surface area contributed by atoms with Crippen LogP contribution in [-0.4, -0.2) is 20.5 Å². The van der Waals surface area contributed by atoms with Crippen molar-refractivity contribution in [3.8, 4) is 11.1 Å². The molecule has 5 nitrogen and oxygen atoms in total. The number of hydrogen-bond acceptors (Lipinski definition) is 2. The molecule has 1 amide bonds. The molecule has 0 unspecified atom stereocenters. The van der Waals surface area contributed by atoms with Crippen LogP contribution >= 0.6 is 0 Å². The van der Waals surface area contributed by atoms with Gasteiger partial charge in [-0.2, -0.15) is 5.10 Å². The second-order valence-corrected chi connectivity index (χ2v) is 6.32. The predicted octanol–water partition coefficient (Wildman–Crippen LogP) is 3.83. The minimum Gasteiger partial charge on any atom is -0.361 e. The lowest BCUT2D eigenvalue weighted by Gasteiger charge is -2.04. The number of anilines is 1. The van der Waals surface area contributed by atoms with Gasteiger partial charge in [-0.3, -0.25) is 4.79 Å². The van der Waals surface area contributed by atoms with Crippen LogP contribution in [0.2, 0.25) is 0 Å². The molecule has 0 bridgehead atoms. The molecule has 3 heterocycles. The number of nitrogens with zero attached hydrogens (tertiary/aromatic N) is 2. The van der Waals surface area contributed by atoms with Crippen molar-refractivity contribution in [2.45, 2.75) is 12.8 Å². The van der Waals surface area contributed by atoms with E-state index >= 15 is 0 Å². The first-order valence-electron chi connectivity index (χ1n) is 8.15. The topological polar surface area (TPSA) is 62.2 Å². The molecular weight excluding hydrogens is 300 g/mol. The van der Waals surface area contributed by atoms with E-state index in [2.05, 4.69) is 45.7 Å². The molecule has 1 saturated carbocycles. The van der Waals surface area contributed by atoms with Crippen molar-refractivity contribution in [3.63, 3.8) is 0 Å². The first kappa shape index (κ1) is 13.4. The lowest BCUT2D eigenvalue weighted by atomic mass is 10.0. The number of fused-ring (bicyclic) bond motifs is 2. The van der Waals surface area contributed by atoms with E-state index in [9.17, 15) is 4.79 Å². The highest BCUT2D eigenvalue weighted by Crippen LogP contribution is 2.31. The van der Waals surface area contributed by atoms with Crippen molar-refractivity contribution in [3.05, 3.63) is 54.9 Å². The van der Waals surface area contributed by atoms with E-state index in [1.165, 1.54) is 5.39 Å². The molecule has 0 saturated heterocycles. The van der Waals surface area contributed by atoms with Gasteiger partial charge < -0.3 is 10.3 Å². The third-order valence-electron chi connectivity index (χ3n) is 4.57. The minimum atomic E-state index is 0.0775. The SMILES string of the molecule is O=C(Nc1cc2c(-c3ccc4[nH]ccc4c3)cccn2n1)C1CC1. The lowest BCUT2D eigenvalue weighted by molar-refractivity contribution is -0.117. The van der Waals surface area contributed by atoms with E-state index < -0.39 is 0 Å². The van der Waals surface area contributed by atoms with Crippen molar-refractivity contribution < 1.29 is 4.79 Å². The highest BCUT2D eigenvalue weighted by Gasteiger charge is 2.30. The maximum Gasteiger partial charge on any atom is 0.228 e. The summed E-state index contributed by atoms with van der Waals surface area (Å²) in [5.41, 5.74) is 4.34. The zero-order chi connectivity index (χ0) is 16.1. The third-order valence-corrected chi connectivity index (χ3v) is 4.57. The Bertz CT molecular complexity index is 1070. The number of pyridine rings is 1. The fourth-order valence-corrected chi connectivity index (χ4v) is 3.12. The van der Waals surface area contributed by atoms with E-state index in [4.69, 9.17) is 0 Å². The van der Waals surface area contributed by atoms with Crippen molar-refractivity contribution in [1.82, 2.24) is 14.6 Å². The van der Waals surface area contributed by atoms with Gasteiger partial charge in [0.1, 0.15) is 0 Å². The molecule has 1 aromatic carbocycles. The molecule has 1 aliphatic carbocycles. The molecule has 0 radical (unpaired) electrons. The van der Waals surface area contributed by atoms with Crippen molar-refractivity contribution >= 4 is 28.1 Å². The number of nitrogens with one attached hydrogen (secondary N) is 2. The maximum atomic E-state index is 12.0. The number of H-pyrrole nitrogens is 1. The van der Waals surface area contributed by atoms with Gasteiger partial charge in [-0.1, -0.05) is 12.1 Å². The summed E-state index contributed by atoms with van der Waals surface area (Å²) in [7, 11) is 0. The molecule has 5 rings (SSSR count). The van der Waals surface area contributed by atoms with Gasteiger partial charge in [-0.25, -0.2) is 4.52 Å². The average molecular weight is 316 g/mol. The highest BCUT2D eigenvalue weighted by atomic mass is 16.2. The fraction of sp³-hybridized carbons (Fsp3) is 0.158. The summed E-state index contributed by atoms with van der Waals surface area (Å²) < 4.78 is 1.82. The molecule has 1 fully saturated rings. The second-order valence-electron chi connectivity index (χ2n) is 6.32. The quantitative estimate of drug-likeness (QED) is 0.603. The van der Waals surface area contributed by atoms with Gasteiger partial charge in [0.2, 0.25) is 5.91 Å². The van der Waals surface area contributed by atoms with Gasteiger partial charge in [-0.05, 0) is 48.1 Å². The fourth-order valence-electron chi connectivity index (χ4n) is 3.12. The molecule has 5 heteroatoms. The number of benzene rings is 1. The zero-order valence-electron chi connectivity index (χ0n) is 13.0.